The number of carbonyl (C=O) groups is 3. The fourth-order valence-corrected chi connectivity index (χ4v) is 2.86. The van der Waals surface area contributed by atoms with Crippen molar-refractivity contribution in [3.8, 4) is 5.75 Å². The summed E-state index contributed by atoms with van der Waals surface area (Å²) in [6.45, 7) is 1.26. The number of fused-ring (bicyclic) bond motifs is 1. The number of carbonyl (C=O) groups excluding carboxylic acids is 3. The lowest BCUT2D eigenvalue weighted by molar-refractivity contribution is -0.149. The van der Waals surface area contributed by atoms with Crippen molar-refractivity contribution in [3.05, 3.63) is 59.9 Å². The van der Waals surface area contributed by atoms with E-state index < -0.39 is 23.8 Å². The highest BCUT2D eigenvalue weighted by Crippen LogP contribution is 2.29. The molecule has 0 fully saturated rings. The first-order chi connectivity index (χ1) is 13.9. The first kappa shape index (κ1) is 20.1. The van der Waals surface area contributed by atoms with E-state index in [9.17, 15) is 18.8 Å². The Bertz CT molecular complexity index is 989. The number of anilines is 2. The van der Waals surface area contributed by atoms with Crippen LogP contribution in [0.1, 0.15) is 12.5 Å². The molecule has 7 nitrogen and oxygen atoms in total. The van der Waals surface area contributed by atoms with E-state index in [0.29, 0.717) is 16.9 Å². The maximum absolute atomic E-state index is 13.7. The summed E-state index contributed by atoms with van der Waals surface area (Å²) in [5.41, 5.74) is 1.47. The van der Waals surface area contributed by atoms with Gasteiger partial charge in [0.2, 0.25) is 5.91 Å². The fraction of sp³-hybridized carbons (Fsp3) is 0.190. The number of hydrogen-bond acceptors (Lipinski definition) is 5. The summed E-state index contributed by atoms with van der Waals surface area (Å²) in [4.78, 5) is 37.9. The Hall–Kier alpha value is -3.68. The molecular weight excluding hydrogens is 379 g/mol. The van der Waals surface area contributed by atoms with E-state index in [0.717, 1.165) is 6.08 Å². The van der Waals surface area contributed by atoms with Crippen LogP contribution >= 0.6 is 0 Å². The molecule has 0 aliphatic carbocycles. The molecule has 3 rings (SSSR count). The number of benzene rings is 2. The van der Waals surface area contributed by atoms with Crippen LogP contribution in [0.25, 0.3) is 6.08 Å². The van der Waals surface area contributed by atoms with Gasteiger partial charge in [-0.2, -0.15) is 0 Å². The maximum atomic E-state index is 13.7. The average Bonchev–Trinajstić information content (AvgIpc) is 2.71. The van der Waals surface area contributed by atoms with E-state index in [4.69, 9.17) is 9.47 Å². The summed E-state index contributed by atoms with van der Waals surface area (Å²) in [5, 5.41) is 2.68. The quantitative estimate of drug-likeness (QED) is 0.618. The molecule has 8 heteroatoms. The summed E-state index contributed by atoms with van der Waals surface area (Å²) in [5.74, 6) is -2.10. The zero-order valence-corrected chi connectivity index (χ0v) is 15.8. The van der Waals surface area contributed by atoms with Gasteiger partial charge in [0.25, 0.3) is 5.91 Å². The average molecular weight is 398 g/mol. The predicted molar refractivity (Wildman–Crippen MR) is 105 cm³/mol. The van der Waals surface area contributed by atoms with Crippen LogP contribution in [-0.2, 0) is 19.1 Å². The number of para-hydroxylation sites is 2. The van der Waals surface area contributed by atoms with Crippen LogP contribution in [-0.4, -0.2) is 37.5 Å². The molecule has 0 bridgehead atoms. The second kappa shape index (κ2) is 8.55. The maximum Gasteiger partial charge on any atom is 0.331 e. The van der Waals surface area contributed by atoms with Gasteiger partial charge in [-0.15, -0.1) is 0 Å². The van der Waals surface area contributed by atoms with Gasteiger partial charge in [-0.3, -0.25) is 14.5 Å². The second-order valence-electron chi connectivity index (χ2n) is 6.30. The Morgan fingerprint density at radius 3 is 2.72 bits per heavy atom. The van der Waals surface area contributed by atoms with Crippen molar-refractivity contribution >= 4 is 35.2 Å². The van der Waals surface area contributed by atoms with Crippen molar-refractivity contribution < 1.29 is 28.2 Å². The van der Waals surface area contributed by atoms with Gasteiger partial charge in [0.15, 0.2) is 17.7 Å². The number of nitrogens with zero attached hydrogens (tertiary/aromatic N) is 1. The fourth-order valence-electron chi connectivity index (χ4n) is 2.86. The van der Waals surface area contributed by atoms with Gasteiger partial charge in [0.1, 0.15) is 6.54 Å². The molecule has 2 aromatic rings. The Labute approximate surface area is 166 Å². The molecule has 0 spiro atoms. The third kappa shape index (κ3) is 4.60. The Balaban J connectivity index is 1.66. The molecule has 1 aliphatic rings. The Morgan fingerprint density at radius 2 is 2.00 bits per heavy atom. The zero-order chi connectivity index (χ0) is 21.0. The van der Waals surface area contributed by atoms with Crippen LogP contribution in [0.5, 0.6) is 5.75 Å². The molecule has 0 saturated heterocycles. The van der Waals surface area contributed by atoms with Crippen molar-refractivity contribution in [1.82, 2.24) is 0 Å². The van der Waals surface area contributed by atoms with Gasteiger partial charge in [0.05, 0.1) is 18.5 Å². The SMILES string of the molecule is COc1ccc(/C=C/C(=O)O[C@@H](C)C(=O)N2CC(=O)Nc3ccccc32)cc1F. The van der Waals surface area contributed by atoms with Crippen molar-refractivity contribution in [3.63, 3.8) is 0 Å². The molecular formula is C21H19FN2O5. The lowest BCUT2D eigenvalue weighted by Crippen LogP contribution is -2.46. The van der Waals surface area contributed by atoms with E-state index in [1.807, 2.05) is 0 Å². The number of halogens is 1. The number of esters is 1. The standard InChI is InChI=1S/C21H19FN2O5/c1-13(21(27)24-12-19(25)23-16-5-3-4-6-17(16)24)29-20(26)10-8-14-7-9-18(28-2)15(22)11-14/h3-11,13H,12H2,1-2H3,(H,23,25)/b10-8+/t13-/m0/s1. The van der Waals surface area contributed by atoms with Crippen molar-refractivity contribution in [1.29, 1.82) is 0 Å². The van der Waals surface area contributed by atoms with Gasteiger partial charge < -0.3 is 14.8 Å². The summed E-state index contributed by atoms with van der Waals surface area (Å²) < 4.78 is 23.7. The molecule has 1 atom stereocenters. The summed E-state index contributed by atoms with van der Waals surface area (Å²) in [6, 6.07) is 11.1. The molecule has 0 radical (unpaired) electrons. The molecule has 0 aromatic heterocycles. The van der Waals surface area contributed by atoms with Crippen LogP contribution in [0, 0.1) is 5.82 Å². The molecule has 1 heterocycles. The lowest BCUT2D eigenvalue weighted by atomic mass is 10.1. The Kier molecular flexibility index (Phi) is 5.92. The smallest absolute Gasteiger partial charge is 0.331 e. The van der Waals surface area contributed by atoms with E-state index in [1.54, 1.807) is 30.3 Å². The molecule has 0 saturated carbocycles. The van der Waals surface area contributed by atoms with Crippen molar-refractivity contribution in [2.75, 3.05) is 23.9 Å². The third-order valence-corrected chi connectivity index (χ3v) is 4.27. The highest BCUT2D eigenvalue weighted by atomic mass is 19.1. The van der Waals surface area contributed by atoms with Gasteiger partial charge in [-0.1, -0.05) is 18.2 Å². The van der Waals surface area contributed by atoms with E-state index in [2.05, 4.69) is 5.32 Å². The number of nitrogens with one attached hydrogen (secondary N) is 1. The summed E-state index contributed by atoms with van der Waals surface area (Å²) in [6.07, 6.45) is 1.35. The zero-order valence-electron chi connectivity index (χ0n) is 15.8. The summed E-state index contributed by atoms with van der Waals surface area (Å²) >= 11 is 0. The number of ether oxygens (including phenoxy) is 2. The Morgan fingerprint density at radius 1 is 1.24 bits per heavy atom. The minimum absolute atomic E-state index is 0.0924. The minimum atomic E-state index is -1.11. The monoisotopic (exact) mass is 398 g/mol. The van der Waals surface area contributed by atoms with E-state index >= 15 is 0 Å². The number of hydrogen-bond donors (Lipinski definition) is 1. The predicted octanol–water partition coefficient (Wildman–Crippen LogP) is 2.76. The molecule has 0 unspecified atom stereocenters. The van der Waals surface area contributed by atoms with Crippen LogP contribution in [0.2, 0.25) is 0 Å². The van der Waals surface area contributed by atoms with Gasteiger partial charge >= 0.3 is 5.97 Å². The molecule has 2 amide bonds. The van der Waals surface area contributed by atoms with E-state index in [-0.39, 0.29) is 18.2 Å². The normalized spacial score (nSPS) is 14.2. The van der Waals surface area contributed by atoms with Crippen LogP contribution < -0.4 is 15.0 Å². The minimum Gasteiger partial charge on any atom is -0.494 e. The first-order valence-electron chi connectivity index (χ1n) is 8.81. The highest BCUT2D eigenvalue weighted by Gasteiger charge is 2.31. The van der Waals surface area contributed by atoms with E-state index in [1.165, 1.54) is 37.1 Å². The molecule has 150 valence electrons. The second-order valence-corrected chi connectivity index (χ2v) is 6.30. The number of rotatable bonds is 5. The lowest BCUT2D eigenvalue weighted by Gasteiger charge is -2.30. The van der Waals surface area contributed by atoms with Gasteiger partial charge in [-0.25, -0.2) is 9.18 Å². The van der Waals surface area contributed by atoms with Crippen molar-refractivity contribution in [2.24, 2.45) is 0 Å². The summed E-state index contributed by atoms with van der Waals surface area (Å²) in [7, 11) is 1.36. The first-order valence-corrected chi connectivity index (χ1v) is 8.81. The largest absolute Gasteiger partial charge is 0.494 e. The highest BCUT2D eigenvalue weighted by molar-refractivity contribution is 6.11. The molecule has 2 aromatic carbocycles. The van der Waals surface area contributed by atoms with Crippen LogP contribution in [0.4, 0.5) is 15.8 Å². The molecule has 1 N–H and O–H groups in total. The third-order valence-electron chi connectivity index (χ3n) is 4.27. The van der Waals surface area contributed by atoms with Crippen LogP contribution in [0.15, 0.2) is 48.5 Å². The van der Waals surface area contributed by atoms with Crippen molar-refractivity contribution in [2.45, 2.75) is 13.0 Å². The number of methoxy groups -OCH3 is 1. The molecule has 1 aliphatic heterocycles. The molecule has 29 heavy (non-hydrogen) atoms. The van der Waals surface area contributed by atoms with Gasteiger partial charge in [-0.05, 0) is 42.8 Å². The number of amides is 2. The topological polar surface area (TPSA) is 84.9 Å². The van der Waals surface area contributed by atoms with Crippen LogP contribution in [0.3, 0.4) is 0 Å². The van der Waals surface area contributed by atoms with Gasteiger partial charge in [0, 0.05) is 6.08 Å².